The van der Waals surface area contributed by atoms with Crippen LogP contribution in [0.2, 0.25) is 0 Å². The molecule has 0 aliphatic carbocycles. The van der Waals surface area contributed by atoms with Gasteiger partial charge in [0.25, 0.3) is 0 Å². The van der Waals surface area contributed by atoms with Gasteiger partial charge >= 0.3 is 0 Å². The van der Waals surface area contributed by atoms with Crippen molar-refractivity contribution in [1.82, 2.24) is 4.57 Å². The van der Waals surface area contributed by atoms with Gasteiger partial charge in [0, 0.05) is 27.8 Å². The van der Waals surface area contributed by atoms with Crippen LogP contribution in [0.15, 0.2) is 194 Å². The van der Waals surface area contributed by atoms with Crippen LogP contribution in [0.25, 0.3) is 38.6 Å². The lowest BCUT2D eigenvalue weighted by Gasteiger charge is -2.41. The molecule has 8 aromatic carbocycles. The molecule has 2 heterocycles. The van der Waals surface area contributed by atoms with Crippen molar-refractivity contribution >= 4 is 38.9 Å². The Bertz CT molecular complexity index is 2670. The van der Waals surface area contributed by atoms with E-state index in [1.807, 2.05) is 0 Å². The van der Waals surface area contributed by atoms with E-state index in [0.29, 0.717) is 0 Å². The van der Waals surface area contributed by atoms with Crippen molar-refractivity contribution in [2.24, 2.45) is 0 Å². The molecule has 2 heteroatoms. The molecular formula is C51H38N2. The Morgan fingerprint density at radius 1 is 0.415 bits per heavy atom. The fourth-order valence-corrected chi connectivity index (χ4v) is 8.73. The van der Waals surface area contributed by atoms with Gasteiger partial charge in [-0.2, -0.15) is 0 Å². The van der Waals surface area contributed by atoms with Crippen molar-refractivity contribution in [3.05, 3.63) is 228 Å². The molecule has 10 rings (SSSR count). The van der Waals surface area contributed by atoms with Crippen LogP contribution in [0.1, 0.15) is 33.4 Å². The minimum absolute atomic E-state index is 0.470. The first kappa shape index (κ1) is 31.1. The van der Waals surface area contributed by atoms with Crippen LogP contribution in [0.5, 0.6) is 0 Å². The van der Waals surface area contributed by atoms with E-state index in [-0.39, 0.29) is 0 Å². The molecule has 53 heavy (non-hydrogen) atoms. The fraction of sp³-hybridized carbons (Fsp3) is 0.0588. The molecule has 0 spiro atoms. The van der Waals surface area contributed by atoms with Gasteiger partial charge < -0.3 is 9.47 Å². The quantitative estimate of drug-likeness (QED) is 0.170. The molecule has 0 fully saturated rings. The average molecular weight is 679 g/mol. The van der Waals surface area contributed by atoms with E-state index in [9.17, 15) is 0 Å². The smallest absolute Gasteiger partial charge is 0.0742 e. The second-order valence-corrected chi connectivity index (χ2v) is 14.3. The molecule has 0 saturated carbocycles. The highest BCUT2D eigenvalue weighted by Gasteiger charge is 2.45. The number of anilines is 3. The summed E-state index contributed by atoms with van der Waals surface area (Å²) in [6.07, 6.45) is 0. The third-order valence-electron chi connectivity index (χ3n) is 11.2. The van der Waals surface area contributed by atoms with Gasteiger partial charge in [-0.15, -0.1) is 0 Å². The Hall–Kier alpha value is -6.64. The summed E-state index contributed by atoms with van der Waals surface area (Å²) in [5, 5.41) is 2.53. The van der Waals surface area contributed by atoms with E-state index in [1.165, 1.54) is 72.0 Å². The van der Waals surface area contributed by atoms with E-state index in [1.54, 1.807) is 0 Å². The van der Waals surface area contributed by atoms with Crippen LogP contribution in [0.4, 0.5) is 17.1 Å². The van der Waals surface area contributed by atoms with E-state index < -0.39 is 5.41 Å². The Labute approximate surface area is 310 Å². The fourth-order valence-electron chi connectivity index (χ4n) is 8.73. The number of benzene rings is 8. The highest BCUT2D eigenvalue weighted by molar-refractivity contribution is 6.13. The maximum atomic E-state index is 2.51. The highest BCUT2D eigenvalue weighted by Crippen LogP contribution is 2.54. The Morgan fingerprint density at radius 2 is 0.925 bits per heavy atom. The molecule has 0 saturated heterocycles. The first-order valence-corrected chi connectivity index (χ1v) is 18.4. The highest BCUT2D eigenvalue weighted by atomic mass is 15.1. The number of fused-ring (bicyclic) bond motifs is 5. The Balaban J connectivity index is 1.15. The molecule has 1 aliphatic heterocycles. The van der Waals surface area contributed by atoms with Crippen LogP contribution in [-0.2, 0) is 5.41 Å². The Kier molecular flexibility index (Phi) is 7.19. The minimum atomic E-state index is -0.470. The zero-order valence-corrected chi connectivity index (χ0v) is 29.9. The maximum absolute atomic E-state index is 2.51. The van der Waals surface area contributed by atoms with Gasteiger partial charge in [0.05, 0.1) is 22.1 Å². The van der Waals surface area contributed by atoms with Crippen molar-refractivity contribution in [2.45, 2.75) is 19.3 Å². The van der Waals surface area contributed by atoms with Crippen LogP contribution in [0.3, 0.4) is 0 Å². The van der Waals surface area contributed by atoms with Crippen molar-refractivity contribution in [3.8, 4) is 16.8 Å². The zero-order chi connectivity index (χ0) is 35.5. The second-order valence-electron chi connectivity index (χ2n) is 14.3. The predicted octanol–water partition coefficient (Wildman–Crippen LogP) is 13.2. The third kappa shape index (κ3) is 4.80. The topological polar surface area (TPSA) is 8.17 Å². The summed E-state index contributed by atoms with van der Waals surface area (Å²) in [4.78, 5) is 2.33. The molecule has 9 aromatic rings. The third-order valence-corrected chi connectivity index (χ3v) is 11.2. The normalized spacial score (nSPS) is 12.9. The number of nitrogens with zero attached hydrogens (tertiary/aromatic N) is 2. The summed E-state index contributed by atoms with van der Waals surface area (Å²) in [7, 11) is 0. The lowest BCUT2D eigenvalue weighted by atomic mass is 9.63. The average Bonchev–Trinajstić information content (AvgIpc) is 3.55. The molecule has 0 N–H and O–H groups in total. The lowest BCUT2D eigenvalue weighted by molar-refractivity contribution is 0.728. The minimum Gasteiger partial charge on any atom is -0.311 e. The van der Waals surface area contributed by atoms with E-state index in [2.05, 4.69) is 217 Å². The van der Waals surface area contributed by atoms with Crippen molar-refractivity contribution in [2.75, 3.05) is 4.90 Å². The van der Waals surface area contributed by atoms with Gasteiger partial charge in [0.2, 0.25) is 0 Å². The summed E-state index contributed by atoms with van der Waals surface area (Å²) in [5.74, 6) is 0. The molecular weight excluding hydrogens is 641 g/mol. The summed E-state index contributed by atoms with van der Waals surface area (Å²) in [6, 6.07) is 71.6. The molecule has 0 radical (unpaired) electrons. The van der Waals surface area contributed by atoms with Gasteiger partial charge in [-0.3, -0.25) is 0 Å². The predicted molar refractivity (Wildman–Crippen MR) is 222 cm³/mol. The van der Waals surface area contributed by atoms with E-state index >= 15 is 0 Å². The first-order valence-electron chi connectivity index (χ1n) is 18.4. The summed E-state index contributed by atoms with van der Waals surface area (Å²) < 4.78 is 2.51. The van der Waals surface area contributed by atoms with Gasteiger partial charge in [0.15, 0.2) is 0 Å². The molecule has 0 bridgehead atoms. The van der Waals surface area contributed by atoms with Crippen LogP contribution in [0, 0.1) is 13.8 Å². The summed E-state index contributed by atoms with van der Waals surface area (Å²) in [5.41, 5.74) is 16.7. The van der Waals surface area contributed by atoms with Gasteiger partial charge in [0.1, 0.15) is 0 Å². The number of rotatable bonds is 6. The standard InChI is InChI=1S/C51H38N2/c1-35-20-27-41(28-21-35)52(42-29-22-36(2)23-30-42)43-31-24-37(25-32-43)38-26-33-48-45(34-38)44-16-11-18-47-50(44)53(48)49-19-10-9-17-46(49)51(47,39-12-5-3-6-13-39)40-14-7-4-8-15-40/h3-34H,1-2H3. The zero-order valence-electron chi connectivity index (χ0n) is 29.9. The van der Waals surface area contributed by atoms with Crippen LogP contribution >= 0.6 is 0 Å². The molecule has 0 amide bonds. The van der Waals surface area contributed by atoms with E-state index in [0.717, 1.165) is 17.1 Å². The van der Waals surface area contributed by atoms with E-state index in [4.69, 9.17) is 0 Å². The molecule has 1 aromatic heterocycles. The molecule has 0 unspecified atom stereocenters. The van der Waals surface area contributed by atoms with Gasteiger partial charge in [-0.05, 0) is 102 Å². The SMILES string of the molecule is Cc1ccc(N(c2ccc(C)cc2)c2ccc(-c3ccc4c(c3)c3cccc5c3n4-c3ccccc3C5(c3ccccc3)c3ccccc3)cc2)cc1. The number of aromatic nitrogens is 1. The van der Waals surface area contributed by atoms with Gasteiger partial charge in [-0.25, -0.2) is 0 Å². The number of hydrogen-bond acceptors (Lipinski definition) is 1. The largest absolute Gasteiger partial charge is 0.311 e. The van der Waals surface area contributed by atoms with Crippen LogP contribution in [-0.4, -0.2) is 4.57 Å². The second kappa shape index (κ2) is 12.3. The van der Waals surface area contributed by atoms with Gasteiger partial charge in [-0.1, -0.05) is 151 Å². The van der Waals surface area contributed by atoms with Crippen molar-refractivity contribution < 1.29 is 0 Å². The monoisotopic (exact) mass is 678 g/mol. The maximum Gasteiger partial charge on any atom is 0.0742 e. The van der Waals surface area contributed by atoms with Crippen LogP contribution < -0.4 is 4.90 Å². The molecule has 1 aliphatic rings. The van der Waals surface area contributed by atoms with Crippen molar-refractivity contribution in [1.29, 1.82) is 0 Å². The first-order chi connectivity index (χ1) is 26.1. The molecule has 0 atom stereocenters. The summed E-state index contributed by atoms with van der Waals surface area (Å²) >= 11 is 0. The lowest BCUT2D eigenvalue weighted by Crippen LogP contribution is -2.35. The number of hydrogen-bond donors (Lipinski definition) is 0. The number of para-hydroxylation sites is 2. The number of aryl methyl sites for hydroxylation is 2. The molecule has 252 valence electrons. The Morgan fingerprint density at radius 3 is 1.53 bits per heavy atom. The summed E-state index contributed by atoms with van der Waals surface area (Å²) in [6.45, 7) is 4.27. The van der Waals surface area contributed by atoms with Crippen molar-refractivity contribution in [3.63, 3.8) is 0 Å². The molecule has 2 nitrogen and oxygen atoms in total.